The van der Waals surface area contributed by atoms with Gasteiger partial charge < -0.3 is 31.9 Å². The van der Waals surface area contributed by atoms with Crippen molar-refractivity contribution >= 4 is 46.5 Å². The quantitative estimate of drug-likeness (QED) is 0.198. The minimum Gasteiger partial charge on any atom is -0.508 e. The molecule has 30 heavy (non-hydrogen) atoms. The zero-order valence-corrected chi connectivity index (χ0v) is 17.9. The second-order valence-electron chi connectivity index (χ2n) is 7.60. The Labute approximate surface area is 181 Å². The molecule has 162 valence electrons. The zero-order valence-electron chi connectivity index (χ0n) is 16.3. The summed E-state index contributed by atoms with van der Waals surface area (Å²) in [5.41, 5.74) is 12.3. The Hall–Kier alpha value is -2.44. The van der Waals surface area contributed by atoms with Gasteiger partial charge in [-0.1, -0.05) is 17.8 Å². The second-order valence-corrected chi connectivity index (χ2v) is 10.4. The lowest BCUT2D eigenvalue weighted by Gasteiger charge is -2.43. The Balaban J connectivity index is 1.70. The van der Waals surface area contributed by atoms with E-state index in [1.54, 1.807) is 19.9 Å². The number of fused-ring (bicyclic) bond motifs is 1. The third-order valence-electron chi connectivity index (χ3n) is 5.10. The number of carboxylic acids is 1. The summed E-state index contributed by atoms with van der Waals surface area (Å²) in [6, 6.07) is 1.56. The molecular formula is C18H23N5O5S2. The first-order valence-electron chi connectivity index (χ1n) is 9.01. The molecule has 2 heterocycles. The highest BCUT2D eigenvalue weighted by Crippen LogP contribution is 2.50. The monoisotopic (exact) mass is 453 g/mol. The predicted octanol–water partition coefficient (Wildman–Crippen LogP) is 0.150. The molecule has 0 spiro atoms. The van der Waals surface area contributed by atoms with E-state index in [4.69, 9.17) is 16.9 Å². The number of hydrogen-bond acceptors (Lipinski definition) is 8. The lowest BCUT2D eigenvalue weighted by molar-refractivity contribution is -0.161. The molecule has 2 aliphatic heterocycles. The van der Waals surface area contributed by atoms with Crippen molar-refractivity contribution in [3.8, 4) is 5.75 Å². The van der Waals surface area contributed by atoms with Crippen LogP contribution in [0.4, 0.5) is 0 Å². The van der Waals surface area contributed by atoms with E-state index in [9.17, 15) is 24.6 Å². The predicted molar refractivity (Wildman–Crippen MR) is 114 cm³/mol. The van der Waals surface area contributed by atoms with Crippen molar-refractivity contribution in [3.05, 3.63) is 29.3 Å². The van der Waals surface area contributed by atoms with Crippen LogP contribution < -0.4 is 16.8 Å². The normalized spacial score (nSPS) is 25.2. The number of hydrogen-bond donors (Lipinski definition) is 6. The number of carbonyl (C=O) groups excluding carboxylic acids is 2. The number of carboxylic acid groups (broad SMARTS) is 1. The minimum atomic E-state index is -1.09. The van der Waals surface area contributed by atoms with Crippen molar-refractivity contribution in [1.82, 2.24) is 10.2 Å². The number of benzene rings is 1. The first-order valence-corrected chi connectivity index (χ1v) is 10.9. The smallest absolute Gasteiger partial charge is 0.327 e. The summed E-state index contributed by atoms with van der Waals surface area (Å²) in [7, 11) is 0. The number of amidine groups is 1. The first-order chi connectivity index (χ1) is 13.9. The van der Waals surface area contributed by atoms with E-state index < -0.39 is 46.0 Å². The van der Waals surface area contributed by atoms with E-state index in [1.165, 1.54) is 28.8 Å². The second kappa shape index (κ2) is 8.00. The Bertz CT molecular complexity index is 924. The number of phenols is 1. The highest BCUT2D eigenvalue weighted by molar-refractivity contribution is 8.13. The summed E-state index contributed by atoms with van der Waals surface area (Å²) in [4.78, 5) is 38.0. The molecule has 0 bridgehead atoms. The molecule has 0 radical (unpaired) electrons. The van der Waals surface area contributed by atoms with Crippen LogP contribution in [-0.4, -0.2) is 60.3 Å². The number of β-lactam (4-membered cyclic amide) rings is 1. The highest BCUT2D eigenvalue weighted by atomic mass is 32.2. The average Bonchev–Trinajstić information content (AvgIpc) is 2.92. The van der Waals surface area contributed by atoms with Gasteiger partial charge in [-0.25, -0.2) is 4.79 Å². The van der Waals surface area contributed by atoms with Gasteiger partial charge in [-0.15, -0.1) is 11.8 Å². The molecule has 1 aromatic carbocycles. The Morgan fingerprint density at radius 2 is 2.10 bits per heavy atom. The molecule has 0 aromatic heterocycles. The van der Waals surface area contributed by atoms with Gasteiger partial charge in [-0.05, 0) is 31.5 Å². The van der Waals surface area contributed by atoms with Gasteiger partial charge in [0.25, 0.3) is 0 Å². The molecule has 2 aliphatic rings. The number of rotatable bonds is 6. The molecule has 4 unspecified atom stereocenters. The molecule has 4 atom stereocenters. The van der Waals surface area contributed by atoms with Crippen molar-refractivity contribution in [2.45, 2.75) is 47.8 Å². The van der Waals surface area contributed by atoms with Crippen LogP contribution in [0.25, 0.3) is 0 Å². The summed E-state index contributed by atoms with van der Waals surface area (Å²) < 4.78 is -0.687. The third-order valence-corrected chi connectivity index (χ3v) is 7.44. The Morgan fingerprint density at radius 3 is 2.70 bits per heavy atom. The molecule has 10 nitrogen and oxygen atoms in total. The Kier molecular flexibility index (Phi) is 5.94. The number of nitrogens with one attached hydrogen (secondary N) is 2. The number of amides is 2. The zero-order chi connectivity index (χ0) is 22.4. The van der Waals surface area contributed by atoms with E-state index in [2.05, 4.69) is 5.32 Å². The van der Waals surface area contributed by atoms with Gasteiger partial charge in [0, 0.05) is 16.1 Å². The van der Waals surface area contributed by atoms with Gasteiger partial charge in [-0.3, -0.25) is 15.0 Å². The molecule has 1 aromatic rings. The fourth-order valence-corrected chi connectivity index (χ4v) is 5.78. The van der Waals surface area contributed by atoms with Crippen molar-refractivity contribution in [3.63, 3.8) is 0 Å². The molecular weight excluding hydrogens is 430 g/mol. The minimum absolute atomic E-state index is 0.00535. The lowest BCUT2D eigenvalue weighted by Crippen LogP contribution is -2.71. The van der Waals surface area contributed by atoms with Gasteiger partial charge in [0.05, 0.1) is 0 Å². The van der Waals surface area contributed by atoms with Gasteiger partial charge >= 0.3 is 5.97 Å². The first kappa shape index (κ1) is 22.2. The van der Waals surface area contributed by atoms with Gasteiger partial charge in [0.1, 0.15) is 29.2 Å². The number of thioether (sulfide) groups is 2. The summed E-state index contributed by atoms with van der Waals surface area (Å²) in [6.45, 7) is 3.51. The summed E-state index contributed by atoms with van der Waals surface area (Å²) >= 11 is 2.35. The standard InChI is InChI=1S/C18H23N5O5S2/c1-18(2)12(16(27)28)23-14(26)11(15(23)30-18)22-13(25)10(19)7-3-4-9(24)8(5-7)6-29-17(20)21/h3-5,10-12,15,24H,6,19H2,1-2H3,(H3,20,21)(H,22,25)(H,27,28). The number of aromatic hydroxyl groups is 1. The van der Waals surface area contributed by atoms with Crippen molar-refractivity contribution in [2.75, 3.05) is 0 Å². The van der Waals surface area contributed by atoms with E-state index >= 15 is 0 Å². The molecule has 0 saturated carbocycles. The average molecular weight is 454 g/mol. The van der Waals surface area contributed by atoms with Crippen molar-refractivity contribution in [2.24, 2.45) is 11.5 Å². The van der Waals surface area contributed by atoms with Crippen LogP contribution in [0, 0.1) is 5.41 Å². The SMILES string of the molecule is CC1(C)SC2C(NC(=O)C(N)c3ccc(O)c(CSC(=N)N)c3)C(=O)N2C1C(=O)O. The molecule has 8 N–H and O–H groups in total. The summed E-state index contributed by atoms with van der Waals surface area (Å²) in [5, 5.41) is 28.7. The molecule has 2 saturated heterocycles. The van der Waals surface area contributed by atoms with Crippen LogP contribution >= 0.6 is 23.5 Å². The molecule has 0 aliphatic carbocycles. The lowest BCUT2D eigenvalue weighted by atomic mass is 9.95. The van der Waals surface area contributed by atoms with E-state index in [1.807, 2.05) is 0 Å². The maximum absolute atomic E-state index is 12.7. The van der Waals surface area contributed by atoms with Crippen molar-refractivity contribution in [1.29, 1.82) is 5.41 Å². The van der Waals surface area contributed by atoms with Crippen LogP contribution in [0.3, 0.4) is 0 Å². The largest absolute Gasteiger partial charge is 0.508 e. The number of carbonyl (C=O) groups is 3. The van der Waals surface area contributed by atoms with Crippen LogP contribution in [0.5, 0.6) is 5.75 Å². The fraction of sp³-hybridized carbons (Fsp3) is 0.444. The topological polar surface area (TPSA) is 183 Å². The van der Waals surface area contributed by atoms with E-state index in [-0.39, 0.29) is 16.7 Å². The maximum atomic E-state index is 12.7. The van der Waals surface area contributed by atoms with Gasteiger partial charge in [-0.2, -0.15) is 0 Å². The summed E-state index contributed by atoms with van der Waals surface area (Å²) in [5.74, 6) is -1.88. The molecule has 12 heteroatoms. The molecule has 2 fully saturated rings. The maximum Gasteiger partial charge on any atom is 0.327 e. The van der Waals surface area contributed by atoms with E-state index in [0.717, 1.165) is 11.8 Å². The number of aliphatic carboxylic acids is 1. The van der Waals surface area contributed by atoms with Crippen molar-refractivity contribution < 1.29 is 24.6 Å². The number of nitrogens with zero attached hydrogens (tertiary/aromatic N) is 1. The summed E-state index contributed by atoms with van der Waals surface area (Å²) in [6.07, 6.45) is 0. The van der Waals surface area contributed by atoms with Gasteiger partial charge in [0.2, 0.25) is 11.8 Å². The Morgan fingerprint density at radius 1 is 1.43 bits per heavy atom. The van der Waals surface area contributed by atoms with E-state index in [0.29, 0.717) is 11.1 Å². The fourth-order valence-electron chi connectivity index (χ4n) is 3.61. The highest BCUT2D eigenvalue weighted by Gasteiger charge is 2.64. The molecule has 3 rings (SSSR count). The van der Waals surface area contributed by atoms with Crippen LogP contribution in [0.15, 0.2) is 18.2 Å². The third kappa shape index (κ3) is 3.94. The van der Waals surface area contributed by atoms with Crippen LogP contribution in [0.1, 0.15) is 31.0 Å². The molecule has 2 amide bonds. The van der Waals surface area contributed by atoms with Gasteiger partial charge in [0.15, 0.2) is 5.17 Å². The van der Waals surface area contributed by atoms with Crippen LogP contribution in [-0.2, 0) is 20.1 Å². The number of nitrogens with two attached hydrogens (primary N) is 2. The number of phenolic OH excluding ortho intramolecular Hbond substituents is 1. The van der Waals surface area contributed by atoms with Crippen LogP contribution in [0.2, 0.25) is 0 Å².